The molecule has 0 aromatic rings. The zero-order valence-corrected chi connectivity index (χ0v) is 15.7. The minimum Gasteiger partial charge on any atom is -0.389 e. The van der Waals surface area contributed by atoms with E-state index in [1.165, 1.54) is 25.7 Å². The number of aliphatic hydroxyl groups is 1. The topological polar surface area (TPSA) is 113 Å². The highest BCUT2D eigenvalue weighted by Crippen LogP contribution is 2.25. The molecule has 1 heterocycles. The summed E-state index contributed by atoms with van der Waals surface area (Å²) in [6, 6.07) is -0.456. The van der Waals surface area contributed by atoms with E-state index < -0.39 is 24.0 Å². The third-order valence-corrected chi connectivity index (χ3v) is 5.57. The molecule has 1 aliphatic carbocycles. The second kappa shape index (κ2) is 9.90. The Morgan fingerprint density at radius 1 is 1.31 bits per heavy atom. The Labute approximate surface area is 155 Å². The van der Waals surface area contributed by atoms with Gasteiger partial charge in [0, 0.05) is 25.4 Å². The van der Waals surface area contributed by atoms with Gasteiger partial charge in [0.2, 0.25) is 17.7 Å². The van der Waals surface area contributed by atoms with Crippen molar-refractivity contribution in [3.05, 3.63) is 6.42 Å². The number of carbonyl (C=O) groups excluding carboxylic acids is 3. The summed E-state index contributed by atoms with van der Waals surface area (Å²) in [5, 5.41) is 13.3. The third kappa shape index (κ3) is 6.27. The smallest absolute Gasteiger partial charge is 0.224 e. The molecule has 0 aromatic carbocycles. The van der Waals surface area contributed by atoms with Gasteiger partial charge < -0.3 is 21.1 Å². The first-order valence-corrected chi connectivity index (χ1v) is 9.75. The molecule has 0 spiro atoms. The molecule has 147 valence electrons. The Bertz CT molecular complexity index is 505. The van der Waals surface area contributed by atoms with Gasteiger partial charge in [-0.05, 0) is 31.6 Å². The number of hydrogen-bond acceptors (Lipinski definition) is 4. The largest absolute Gasteiger partial charge is 0.389 e. The molecule has 1 saturated heterocycles. The molecule has 0 bridgehead atoms. The van der Waals surface area contributed by atoms with Crippen LogP contribution in [0.25, 0.3) is 0 Å². The van der Waals surface area contributed by atoms with Gasteiger partial charge >= 0.3 is 0 Å². The molecule has 0 unspecified atom stereocenters. The van der Waals surface area contributed by atoms with Gasteiger partial charge in [-0.2, -0.15) is 0 Å². The van der Waals surface area contributed by atoms with Gasteiger partial charge in [0.05, 0.1) is 18.6 Å². The first-order valence-electron chi connectivity index (χ1n) is 9.75. The molecule has 1 aliphatic heterocycles. The average molecular weight is 366 g/mol. The highest BCUT2D eigenvalue weighted by molar-refractivity contribution is 5.86. The second-order valence-electron chi connectivity index (χ2n) is 7.77. The normalized spacial score (nSPS) is 26.2. The quantitative estimate of drug-likeness (QED) is 0.617. The monoisotopic (exact) mass is 366 g/mol. The maximum Gasteiger partial charge on any atom is 0.224 e. The summed E-state index contributed by atoms with van der Waals surface area (Å²) in [7, 11) is 0. The molecule has 2 fully saturated rings. The SMILES string of the molecule is C[C@@H](C[CH]C(=O)N[C@H]1CCC(=O)N(CC2CCCCC2)C[C@@H]1O)C(N)=O. The van der Waals surface area contributed by atoms with Crippen LogP contribution in [-0.4, -0.2) is 53.0 Å². The number of aliphatic hydroxyl groups excluding tert-OH is 1. The lowest BCUT2D eigenvalue weighted by Crippen LogP contribution is -2.47. The van der Waals surface area contributed by atoms with E-state index in [0.717, 1.165) is 12.8 Å². The van der Waals surface area contributed by atoms with Crippen LogP contribution in [0.15, 0.2) is 0 Å². The minimum absolute atomic E-state index is 0.0534. The standard InChI is InChI=1S/C19H32N3O4/c1-13(19(20)26)7-9-17(24)21-15-8-10-18(25)22(12-16(15)23)11-14-5-3-2-4-6-14/h9,13-16,23H,2-8,10-12H2,1H3,(H2,20,26)(H,21,24)/t13-,15-,16-/m0/s1. The lowest BCUT2D eigenvalue weighted by molar-refractivity contribution is -0.132. The molecule has 1 radical (unpaired) electrons. The maximum atomic E-state index is 12.4. The Kier molecular flexibility index (Phi) is 7.87. The summed E-state index contributed by atoms with van der Waals surface area (Å²) in [5.41, 5.74) is 5.18. The predicted molar refractivity (Wildman–Crippen MR) is 97.6 cm³/mol. The number of nitrogens with zero attached hydrogens (tertiary/aromatic N) is 1. The molecule has 0 aromatic heterocycles. The van der Waals surface area contributed by atoms with E-state index in [1.807, 2.05) is 0 Å². The van der Waals surface area contributed by atoms with Crippen molar-refractivity contribution in [1.29, 1.82) is 0 Å². The summed E-state index contributed by atoms with van der Waals surface area (Å²) in [6.45, 7) is 2.63. The fourth-order valence-electron chi connectivity index (χ4n) is 3.75. The number of likely N-dealkylation sites (tertiary alicyclic amines) is 1. The number of amides is 3. The molecule has 2 aliphatic rings. The van der Waals surface area contributed by atoms with Crippen LogP contribution < -0.4 is 11.1 Å². The number of hydrogen-bond donors (Lipinski definition) is 3. The Hall–Kier alpha value is -1.63. The first-order chi connectivity index (χ1) is 12.4. The van der Waals surface area contributed by atoms with Gasteiger partial charge in [-0.15, -0.1) is 0 Å². The predicted octanol–water partition coefficient (Wildman–Crippen LogP) is 0.751. The van der Waals surface area contributed by atoms with Crippen LogP contribution in [-0.2, 0) is 14.4 Å². The highest BCUT2D eigenvalue weighted by atomic mass is 16.3. The van der Waals surface area contributed by atoms with Crippen molar-refractivity contribution in [1.82, 2.24) is 10.2 Å². The van der Waals surface area contributed by atoms with Gasteiger partial charge in [0.1, 0.15) is 0 Å². The molecule has 3 amide bonds. The minimum atomic E-state index is -0.782. The Morgan fingerprint density at radius 3 is 2.65 bits per heavy atom. The van der Waals surface area contributed by atoms with Crippen molar-refractivity contribution in [3.8, 4) is 0 Å². The molecule has 1 saturated carbocycles. The van der Waals surface area contributed by atoms with E-state index in [9.17, 15) is 19.5 Å². The summed E-state index contributed by atoms with van der Waals surface area (Å²) < 4.78 is 0. The lowest BCUT2D eigenvalue weighted by atomic mass is 9.89. The Morgan fingerprint density at radius 2 is 2.00 bits per heavy atom. The molecule has 7 heteroatoms. The number of primary amides is 1. The molecule has 26 heavy (non-hydrogen) atoms. The molecular weight excluding hydrogens is 334 g/mol. The van der Waals surface area contributed by atoms with Crippen molar-refractivity contribution in [2.45, 2.75) is 70.4 Å². The number of carbonyl (C=O) groups is 3. The first kappa shape index (κ1) is 20.7. The lowest BCUT2D eigenvalue weighted by Gasteiger charge is -2.30. The number of β-amino-alcohol motifs (C(OH)–C–C–N with tert-alkyl or cyclic N) is 1. The molecular formula is C19H32N3O4. The second-order valence-corrected chi connectivity index (χ2v) is 7.77. The van der Waals surface area contributed by atoms with E-state index in [1.54, 1.807) is 11.8 Å². The van der Waals surface area contributed by atoms with Crippen molar-refractivity contribution in [2.75, 3.05) is 13.1 Å². The average Bonchev–Trinajstić information content (AvgIpc) is 2.74. The van der Waals surface area contributed by atoms with Crippen LogP contribution in [0, 0.1) is 18.3 Å². The van der Waals surface area contributed by atoms with Crippen LogP contribution >= 0.6 is 0 Å². The van der Waals surface area contributed by atoms with Gasteiger partial charge in [0.25, 0.3) is 0 Å². The van der Waals surface area contributed by atoms with Gasteiger partial charge in [-0.3, -0.25) is 14.4 Å². The number of nitrogens with two attached hydrogens (primary N) is 1. The van der Waals surface area contributed by atoms with Gasteiger partial charge in [0.15, 0.2) is 0 Å². The molecule has 3 atom stereocenters. The van der Waals surface area contributed by atoms with Gasteiger partial charge in [-0.25, -0.2) is 0 Å². The maximum absolute atomic E-state index is 12.4. The summed E-state index contributed by atoms with van der Waals surface area (Å²) >= 11 is 0. The van der Waals surface area contributed by atoms with E-state index in [4.69, 9.17) is 5.73 Å². The van der Waals surface area contributed by atoms with E-state index in [2.05, 4.69) is 5.32 Å². The van der Waals surface area contributed by atoms with Crippen molar-refractivity contribution in [2.24, 2.45) is 17.6 Å². The van der Waals surface area contributed by atoms with E-state index >= 15 is 0 Å². The van der Waals surface area contributed by atoms with Gasteiger partial charge in [-0.1, -0.05) is 26.2 Å². The van der Waals surface area contributed by atoms with Crippen molar-refractivity contribution >= 4 is 17.7 Å². The molecule has 2 rings (SSSR count). The fraction of sp³-hybridized carbons (Fsp3) is 0.789. The van der Waals surface area contributed by atoms with Crippen LogP contribution in [0.4, 0.5) is 0 Å². The van der Waals surface area contributed by atoms with Crippen molar-refractivity contribution in [3.63, 3.8) is 0 Å². The Balaban J connectivity index is 1.83. The molecule has 4 N–H and O–H groups in total. The fourth-order valence-corrected chi connectivity index (χ4v) is 3.75. The van der Waals surface area contributed by atoms with E-state index in [-0.39, 0.29) is 24.8 Å². The van der Waals surface area contributed by atoms with Crippen LogP contribution in [0.3, 0.4) is 0 Å². The number of nitrogens with one attached hydrogen (secondary N) is 1. The van der Waals surface area contributed by atoms with Crippen LogP contribution in [0.5, 0.6) is 0 Å². The van der Waals surface area contributed by atoms with Crippen molar-refractivity contribution < 1.29 is 19.5 Å². The van der Waals surface area contributed by atoms with Crippen LogP contribution in [0.2, 0.25) is 0 Å². The van der Waals surface area contributed by atoms with Crippen LogP contribution in [0.1, 0.15) is 58.3 Å². The molecule has 7 nitrogen and oxygen atoms in total. The number of rotatable bonds is 7. The highest BCUT2D eigenvalue weighted by Gasteiger charge is 2.31. The zero-order valence-electron chi connectivity index (χ0n) is 15.7. The zero-order chi connectivity index (χ0) is 19.1. The summed E-state index contributed by atoms with van der Waals surface area (Å²) in [4.78, 5) is 37.2. The third-order valence-electron chi connectivity index (χ3n) is 5.57. The summed E-state index contributed by atoms with van der Waals surface area (Å²) in [6.07, 6.45) is 7.60. The van der Waals surface area contributed by atoms with E-state index in [0.29, 0.717) is 25.3 Å². The summed E-state index contributed by atoms with van der Waals surface area (Å²) in [5.74, 6) is -0.623.